The minimum absolute atomic E-state index is 0.128. The Bertz CT molecular complexity index is 1230. The molecule has 4 aliphatic heterocycles. The van der Waals surface area contributed by atoms with E-state index < -0.39 is 95.9 Å². The molecule has 222 valence electrons. The van der Waals surface area contributed by atoms with Gasteiger partial charge >= 0.3 is 15.6 Å². The van der Waals surface area contributed by atoms with E-state index >= 15 is 0 Å². The van der Waals surface area contributed by atoms with E-state index in [9.17, 15) is 28.8 Å². The van der Waals surface area contributed by atoms with Crippen molar-refractivity contribution in [3.05, 3.63) is 6.20 Å². The second-order valence-electron chi connectivity index (χ2n) is 9.77. The molecule has 2 bridgehead atoms. The number of phosphoric ester groups is 2. The Morgan fingerprint density at radius 1 is 1.15 bits per heavy atom. The first-order chi connectivity index (χ1) is 19.0. The first-order valence-corrected chi connectivity index (χ1v) is 15.9. The molecule has 1 aliphatic carbocycles. The van der Waals surface area contributed by atoms with Crippen LogP contribution in [0.15, 0.2) is 11.2 Å². The van der Waals surface area contributed by atoms with Crippen molar-refractivity contribution < 1.29 is 56.4 Å². The Hall–Kier alpha value is -1.64. The second kappa shape index (κ2) is 10.9. The zero-order valence-corrected chi connectivity index (χ0v) is 23.0. The van der Waals surface area contributed by atoms with Gasteiger partial charge in [-0.3, -0.25) is 38.9 Å². The molecule has 40 heavy (non-hydrogen) atoms. The Kier molecular flexibility index (Phi) is 7.75. The molecule has 1 aromatic heterocycles. The predicted octanol–water partition coefficient (Wildman–Crippen LogP) is -2.20. The van der Waals surface area contributed by atoms with Crippen LogP contribution in [0.25, 0.3) is 0 Å². The molecule has 0 spiro atoms. The number of aliphatic hydroxyl groups is 1. The van der Waals surface area contributed by atoms with Crippen molar-refractivity contribution in [1.29, 1.82) is 0 Å². The molecular formula is C18H27N7O12P2S. The molecule has 5 aliphatic rings. The van der Waals surface area contributed by atoms with Gasteiger partial charge in [-0.05, 0) is 6.42 Å². The van der Waals surface area contributed by atoms with Crippen LogP contribution < -0.4 is 21.1 Å². The van der Waals surface area contributed by atoms with Crippen LogP contribution in [0.1, 0.15) is 12.8 Å². The maximum absolute atomic E-state index is 13.1. The van der Waals surface area contributed by atoms with Gasteiger partial charge in [-0.1, -0.05) is 0 Å². The van der Waals surface area contributed by atoms with Crippen LogP contribution in [0.3, 0.4) is 0 Å². The lowest BCUT2D eigenvalue weighted by Gasteiger charge is -2.39. The molecule has 4 fully saturated rings. The summed E-state index contributed by atoms with van der Waals surface area (Å²) in [6, 6.07) is -0.931. The van der Waals surface area contributed by atoms with E-state index in [2.05, 4.69) is 24.4 Å². The highest BCUT2D eigenvalue weighted by molar-refractivity contribution is 7.47. The molecule has 1 saturated carbocycles. The number of amides is 1. The zero-order chi connectivity index (χ0) is 28.2. The summed E-state index contributed by atoms with van der Waals surface area (Å²) in [5, 5.41) is 16.3. The Balaban J connectivity index is 1.22. The molecule has 22 heteroatoms. The van der Waals surface area contributed by atoms with Gasteiger partial charge in [-0.15, -0.1) is 4.37 Å². The Morgan fingerprint density at radius 3 is 2.70 bits per heavy atom. The van der Waals surface area contributed by atoms with Gasteiger partial charge in [0.25, 0.3) is 5.91 Å². The predicted molar refractivity (Wildman–Crippen MR) is 130 cm³/mol. The van der Waals surface area contributed by atoms with Crippen LogP contribution in [0.2, 0.25) is 0 Å². The number of hydrogen-bond donors (Lipinski definition) is 6. The molecule has 5 heterocycles. The quantitative estimate of drug-likeness (QED) is 0.194. The van der Waals surface area contributed by atoms with Gasteiger partial charge in [0.05, 0.1) is 37.4 Å². The van der Waals surface area contributed by atoms with E-state index in [1.165, 1.54) is 17.4 Å². The second-order valence-corrected chi connectivity index (χ2v) is 13.1. The number of phosphoric acid groups is 2. The summed E-state index contributed by atoms with van der Waals surface area (Å²) in [6.45, 7) is -1.06. The standard InChI is InChI=1S/C18H27N7O12P2S/c19-18-22-15-12(16(27)23-18)20-6-25(15)17-14-13(26)10(35-17)5-33-38(28,29)36-9-2-8(34-11-3-21-40-24-11)1-7(9)4-32-39(30,31)37-14/h3,6-10,12-15,17-18,22,26H,1-2,4-5,19H2,(H,23,27)(H,28,29)(H,30,31)/t7-,8-,9+,10-,12?,13-,14-,15?,17-,18?/m1/s1. The summed E-state index contributed by atoms with van der Waals surface area (Å²) in [7, 11) is -9.57. The van der Waals surface area contributed by atoms with Gasteiger partial charge in [0.1, 0.15) is 43.1 Å². The van der Waals surface area contributed by atoms with Gasteiger partial charge in [0.15, 0.2) is 12.3 Å². The van der Waals surface area contributed by atoms with Gasteiger partial charge in [0, 0.05) is 12.3 Å². The SMILES string of the molecule is NC1NC(=O)C2N=CN([C@@H]3O[C@@H]4COP(=O)(O)O[C@H]5C[C@H](Oc6cnsn6)C[C@@H]5COP(=O)(O)O[C@@H]3[C@@H]4O)C2N1. The van der Waals surface area contributed by atoms with Crippen molar-refractivity contribution >= 4 is 39.6 Å². The summed E-state index contributed by atoms with van der Waals surface area (Å²) in [5.41, 5.74) is 5.82. The highest BCUT2D eigenvalue weighted by Crippen LogP contribution is 2.53. The molecule has 3 saturated heterocycles. The number of aliphatic imine (C=N–C) groups is 1. The van der Waals surface area contributed by atoms with Gasteiger partial charge < -0.3 is 34.6 Å². The number of fused-ring (bicyclic) bond motifs is 4. The number of aromatic nitrogens is 2. The molecule has 5 unspecified atom stereocenters. The average molecular weight is 627 g/mol. The van der Waals surface area contributed by atoms with Crippen LogP contribution >= 0.6 is 27.4 Å². The molecule has 19 nitrogen and oxygen atoms in total. The fraction of sp³-hybridized carbons (Fsp3) is 0.778. The smallest absolute Gasteiger partial charge is 0.472 e. The highest BCUT2D eigenvalue weighted by atomic mass is 32.1. The van der Waals surface area contributed by atoms with E-state index in [4.69, 9.17) is 33.3 Å². The summed E-state index contributed by atoms with van der Waals surface area (Å²) >= 11 is 0.943. The fourth-order valence-corrected chi connectivity index (χ4v) is 7.64. The van der Waals surface area contributed by atoms with Crippen LogP contribution in [0, 0.1) is 5.92 Å². The summed E-state index contributed by atoms with van der Waals surface area (Å²) in [5.74, 6) is -0.878. The fourth-order valence-electron chi connectivity index (χ4n) is 5.31. The number of hydrogen-bond acceptors (Lipinski definition) is 17. The van der Waals surface area contributed by atoms with E-state index in [0.29, 0.717) is 0 Å². The number of carbonyl (C=O) groups excluding carboxylic acids is 1. The Morgan fingerprint density at radius 2 is 1.93 bits per heavy atom. The molecule has 0 aromatic carbocycles. The van der Waals surface area contributed by atoms with E-state index in [1.807, 2.05) is 0 Å². The zero-order valence-electron chi connectivity index (χ0n) is 20.4. The number of carbonyl (C=O) groups is 1. The topological polar surface area (TPSA) is 259 Å². The minimum Gasteiger partial charge on any atom is -0.472 e. The third-order valence-corrected chi connectivity index (χ3v) is 9.56. The average Bonchev–Trinajstić information content (AvgIpc) is 3.65. The largest absolute Gasteiger partial charge is 0.472 e. The molecule has 7 N–H and O–H groups in total. The van der Waals surface area contributed by atoms with Gasteiger partial charge in [-0.2, -0.15) is 4.37 Å². The van der Waals surface area contributed by atoms with E-state index in [0.717, 1.165) is 11.7 Å². The van der Waals surface area contributed by atoms with Crippen LogP contribution in [0.5, 0.6) is 5.88 Å². The van der Waals surface area contributed by atoms with Crippen molar-refractivity contribution in [2.45, 2.75) is 68.1 Å². The maximum Gasteiger partial charge on any atom is 0.472 e. The van der Waals surface area contributed by atoms with Crippen molar-refractivity contribution in [2.24, 2.45) is 16.6 Å². The first kappa shape index (κ1) is 28.5. The first-order valence-electron chi connectivity index (χ1n) is 12.2. The molecule has 6 rings (SSSR count). The molecule has 0 radical (unpaired) electrons. The third-order valence-electron chi connectivity index (χ3n) is 7.10. The molecular weight excluding hydrogens is 600 g/mol. The molecule has 1 amide bonds. The Labute approximate surface area is 230 Å². The summed E-state index contributed by atoms with van der Waals surface area (Å²) in [4.78, 5) is 38.9. The van der Waals surface area contributed by atoms with Gasteiger partial charge in [-0.25, -0.2) is 9.13 Å². The van der Waals surface area contributed by atoms with Crippen LogP contribution in [-0.4, -0.2) is 109 Å². The number of nitrogens with two attached hydrogens (primary N) is 1. The van der Waals surface area contributed by atoms with Crippen LogP contribution in [-0.2, 0) is 36.8 Å². The number of nitrogens with one attached hydrogen (secondary N) is 2. The van der Waals surface area contributed by atoms with E-state index in [1.54, 1.807) is 0 Å². The van der Waals surface area contributed by atoms with Crippen LogP contribution in [0.4, 0.5) is 0 Å². The summed E-state index contributed by atoms with van der Waals surface area (Å²) in [6.07, 6.45) is -6.00. The van der Waals surface area contributed by atoms with E-state index in [-0.39, 0.29) is 18.7 Å². The maximum atomic E-state index is 13.1. The summed E-state index contributed by atoms with van der Waals surface area (Å²) < 4.78 is 66.6. The molecule has 1 aromatic rings. The number of ether oxygens (including phenoxy) is 2. The number of rotatable bonds is 3. The van der Waals surface area contributed by atoms with Crippen molar-refractivity contribution in [3.63, 3.8) is 0 Å². The van der Waals surface area contributed by atoms with Crippen molar-refractivity contribution in [1.82, 2.24) is 24.3 Å². The monoisotopic (exact) mass is 627 g/mol. The lowest BCUT2D eigenvalue weighted by molar-refractivity contribution is -0.130. The lowest BCUT2D eigenvalue weighted by atomic mass is 10.1. The van der Waals surface area contributed by atoms with Crippen molar-refractivity contribution in [2.75, 3.05) is 13.2 Å². The number of nitrogens with zero attached hydrogens (tertiary/aromatic N) is 4. The normalized spacial score (nSPS) is 47.5. The third kappa shape index (κ3) is 5.82. The lowest BCUT2D eigenvalue weighted by Crippen LogP contribution is -2.70. The minimum atomic E-state index is -4.86. The number of aliphatic hydroxyl groups excluding tert-OH is 1. The van der Waals surface area contributed by atoms with Gasteiger partial charge in [0.2, 0.25) is 5.88 Å². The molecule has 12 atom stereocenters. The highest BCUT2D eigenvalue weighted by Gasteiger charge is 2.55. The van der Waals surface area contributed by atoms with Crippen molar-refractivity contribution in [3.8, 4) is 5.88 Å².